The second-order valence-electron chi connectivity index (χ2n) is 3.09. The fourth-order valence-electron chi connectivity index (χ4n) is 1.46. The molecular formula is C7H15FN2. The van der Waals surface area contributed by atoms with E-state index >= 15 is 0 Å². The second-order valence-corrected chi connectivity index (χ2v) is 3.09. The molecule has 1 rings (SSSR count). The third-order valence-electron chi connectivity index (χ3n) is 2.24. The molecule has 3 heteroatoms. The van der Waals surface area contributed by atoms with Gasteiger partial charge in [0.1, 0.15) is 0 Å². The number of hydrogen-bond donors (Lipinski definition) is 1. The fourth-order valence-corrected chi connectivity index (χ4v) is 1.46. The molecule has 0 saturated heterocycles. The lowest BCUT2D eigenvalue weighted by Crippen LogP contribution is -2.34. The average Bonchev–Trinajstić information content (AvgIpc) is 1.88. The maximum atomic E-state index is 12.5. The van der Waals surface area contributed by atoms with Crippen LogP contribution in [0.2, 0.25) is 0 Å². The van der Waals surface area contributed by atoms with Crippen molar-refractivity contribution in [2.75, 3.05) is 7.05 Å². The van der Waals surface area contributed by atoms with Crippen LogP contribution in [0.4, 0.5) is 4.48 Å². The Morgan fingerprint density at radius 3 is 2.20 bits per heavy atom. The van der Waals surface area contributed by atoms with Gasteiger partial charge in [0.15, 0.2) is 0 Å². The van der Waals surface area contributed by atoms with E-state index in [1.165, 1.54) is 7.05 Å². The van der Waals surface area contributed by atoms with E-state index in [4.69, 9.17) is 5.73 Å². The highest BCUT2D eigenvalue weighted by Gasteiger charge is 2.21. The molecule has 0 radical (unpaired) electrons. The Bertz CT molecular complexity index is 97.8. The van der Waals surface area contributed by atoms with E-state index in [-0.39, 0.29) is 6.04 Å². The summed E-state index contributed by atoms with van der Waals surface area (Å²) in [5.41, 5.74) is 5.66. The summed E-state index contributed by atoms with van der Waals surface area (Å²) in [4.78, 5) is 0. The first-order valence-corrected chi connectivity index (χ1v) is 3.84. The van der Waals surface area contributed by atoms with E-state index in [0.717, 1.165) is 30.8 Å². The van der Waals surface area contributed by atoms with Gasteiger partial charge in [-0.3, -0.25) is 0 Å². The molecule has 2 N–H and O–H groups in total. The molecule has 0 amide bonds. The molecule has 1 aliphatic rings. The van der Waals surface area contributed by atoms with Gasteiger partial charge in [-0.05, 0) is 25.7 Å². The van der Waals surface area contributed by atoms with Crippen molar-refractivity contribution < 1.29 is 4.48 Å². The van der Waals surface area contributed by atoms with Crippen LogP contribution in [-0.4, -0.2) is 24.3 Å². The summed E-state index contributed by atoms with van der Waals surface area (Å²) in [6.45, 7) is 0. The Hall–Kier alpha value is -0.150. The number of nitrogens with zero attached hydrogens (tertiary/aromatic N) is 1. The summed E-state index contributed by atoms with van der Waals surface area (Å²) in [5.74, 6) is 0. The summed E-state index contributed by atoms with van der Waals surface area (Å²) in [7, 11) is 1.49. The highest BCUT2D eigenvalue weighted by atomic mass is 19.2. The van der Waals surface area contributed by atoms with Crippen molar-refractivity contribution in [3.8, 4) is 0 Å². The quantitative estimate of drug-likeness (QED) is 0.561. The van der Waals surface area contributed by atoms with Gasteiger partial charge < -0.3 is 5.73 Å². The van der Waals surface area contributed by atoms with Gasteiger partial charge in [0.25, 0.3) is 0 Å². The third-order valence-corrected chi connectivity index (χ3v) is 2.24. The predicted octanol–water partition coefficient (Wildman–Crippen LogP) is 1.07. The molecule has 0 spiro atoms. The minimum Gasteiger partial charge on any atom is -0.328 e. The van der Waals surface area contributed by atoms with Crippen LogP contribution in [0.15, 0.2) is 0 Å². The van der Waals surface area contributed by atoms with Gasteiger partial charge >= 0.3 is 0 Å². The highest BCUT2D eigenvalue weighted by Crippen LogP contribution is 2.20. The zero-order valence-electron chi connectivity index (χ0n) is 6.39. The van der Waals surface area contributed by atoms with Gasteiger partial charge in [-0.15, -0.1) is 9.60 Å². The molecule has 0 bridgehead atoms. The van der Waals surface area contributed by atoms with Crippen molar-refractivity contribution in [3.05, 3.63) is 0 Å². The standard InChI is InChI=1S/C7H15FN2/c1-10(8)7-4-2-6(9)3-5-7/h6-7H,2-5,9H2,1H3. The van der Waals surface area contributed by atoms with Crippen molar-refractivity contribution in [1.82, 2.24) is 5.12 Å². The maximum absolute atomic E-state index is 12.5. The number of hydrogen-bond acceptors (Lipinski definition) is 2. The molecule has 0 heterocycles. The molecule has 2 nitrogen and oxygen atoms in total. The second kappa shape index (κ2) is 3.30. The van der Waals surface area contributed by atoms with Crippen LogP contribution < -0.4 is 5.73 Å². The minimum atomic E-state index is 0.125. The van der Waals surface area contributed by atoms with E-state index in [9.17, 15) is 4.48 Å². The first kappa shape index (κ1) is 7.95. The zero-order valence-corrected chi connectivity index (χ0v) is 6.39. The van der Waals surface area contributed by atoms with E-state index in [0.29, 0.717) is 6.04 Å². The molecule has 60 valence electrons. The van der Waals surface area contributed by atoms with Crippen LogP contribution >= 0.6 is 0 Å². The lowest BCUT2D eigenvalue weighted by Gasteiger charge is -2.27. The van der Waals surface area contributed by atoms with Gasteiger partial charge in [-0.2, -0.15) is 0 Å². The average molecular weight is 146 g/mol. The van der Waals surface area contributed by atoms with Crippen molar-refractivity contribution in [2.24, 2.45) is 5.73 Å². The van der Waals surface area contributed by atoms with Crippen LogP contribution in [0.5, 0.6) is 0 Å². The smallest absolute Gasteiger partial charge is 0.0400 e. The minimum absolute atomic E-state index is 0.125. The third kappa shape index (κ3) is 1.92. The van der Waals surface area contributed by atoms with Gasteiger partial charge in [0.2, 0.25) is 0 Å². The Morgan fingerprint density at radius 2 is 1.80 bits per heavy atom. The predicted molar refractivity (Wildman–Crippen MR) is 39.1 cm³/mol. The Kier molecular flexibility index (Phi) is 2.63. The Morgan fingerprint density at radius 1 is 1.30 bits per heavy atom. The summed E-state index contributed by atoms with van der Waals surface area (Å²) in [6, 6.07) is 0.441. The number of halogens is 1. The van der Waals surface area contributed by atoms with Gasteiger partial charge in [0, 0.05) is 19.1 Å². The molecule has 0 aromatic carbocycles. The topological polar surface area (TPSA) is 29.3 Å². The molecule has 10 heavy (non-hydrogen) atoms. The number of nitrogens with two attached hydrogens (primary N) is 1. The van der Waals surface area contributed by atoms with Crippen molar-refractivity contribution in [1.29, 1.82) is 0 Å². The molecule has 0 aliphatic heterocycles. The molecule has 0 aromatic rings. The van der Waals surface area contributed by atoms with Crippen LogP contribution in [0.1, 0.15) is 25.7 Å². The van der Waals surface area contributed by atoms with Crippen LogP contribution in [0.25, 0.3) is 0 Å². The van der Waals surface area contributed by atoms with Crippen molar-refractivity contribution >= 4 is 0 Å². The SMILES string of the molecule is CN(F)C1CCC(N)CC1. The van der Waals surface area contributed by atoms with Crippen LogP contribution in [0.3, 0.4) is 0 Å². The van der Waals surface area contributed by atoms with Gasteiger partial charge in [-0.25, -0.2) is 0 Å². The van der Waals surface area contributed by atoms with E-state index in [1.807, 2.05) is 0 Å². The molecule has 1 fully saturated rings. The van der Waals surface area contributed by atoms with Crippen molar-refractivity contribution in [3.63, 3.8) is 0 Å². The number of rotatable bonds is 1. The van der Waals surface area contributed by atoms with Crippen LogP contribution in [0, 0.1) is 0 Å². The first-order chi connectivity index (χ1) is 4.70. The monoisotopic (exact) mass is 146 g/mol. The lowest BCUT2D eigenvalue weighted by molar-refractivity contribution is -0.00855. The lowest BCUT2D eigenvalue weighted by atomic mass is 9.92. The van der Waals surface area contributed by atoms with Crippen LogP contribution in [-0.2, 0) is 0 Å². The maximum Gasteiger partial charge on any atom is 0.0400 e. The van der Waals surface area contributed by atoms with Crippen molar-refractivity contribution in [2.45, 2.75) is 37.8 Å². The van der Waals surface area contributed by atoms with Gasteiger partial charge in [0.05, 0.1) is 0 Å². The first-order valence-electron chi connectivity index (χ1n) is 3.84. The highest BCUT2D eigenvalue weighted by molar-refractivity contribution is 4.76. The van der Waals surface area contributed by atoms with E-state index in [1.54, 1.807) is 0 Å². The molecule has 0 unspecified atom stereocenters. The summed E-state index contributed by atoms with van der Waals surface area (Å²) in [5, 5.41) is 0.811. The molecule has 0 atom stereocenters. The zero-order chi connectivity index (χ0) is 7.56. The molecular weight excluding hydrogens is 131 g/mol. The summed E-state index contributed by atoms with van der Waals surface area (Å²) < 4.78 is 12.5. The largest absolute Gasteiger partial charge is 0.328 e. The normalized spacial score (nSPS) is 34.8. The van der Waals surface area contributed by atoms with E-state index in [2.05, 4.69) is 0 Å². The fraction of sp³-hybridized carbons (Fsp3) is 1.00. The molecule has 1 saturated carbocycles. The Labute approximate surface area is 61.1 Å². The van der Waals surface area contributed by atoms with Gasteiger partial charge in [-0.1, -0.05) is 0 Å². The Balaban J connectivity index is 2.26. The van der Waals surface area contributed by atoms with E-state index < -0.39 is 0 Å². The molecule has 0 aromatic heterocycles. The molecule has 1 aliphatic carbocycles. The summed E-state index contributed by atoms with van der Waals surface area (Å²) >= 11 is 0. The summed E-state index contributed by atoms with van der Waals surface area (Å²) in [6.07, 6.45) is 3.76.